The summed E-state index contributed by atoms with van der Waals surface area (Å²) < 4.78 is 59.4. The summed E-state index contributed by atoms with van der Waals surface area (Å²) in [5.74, 6) is -1.50. The summed E-state index contributed by atoms with van der Waals surface area (Å²) in [7, 11) is 1.42. The molecule has 1 aliphatic carbocycles. The molecule has 3 heterocycles. The summed E-state index contributed by atoms with van der Waals surface area (Å²) in [5.41, 5.74) is 1.38. The third kappa shape index (κ3) is 5.70. The van der Waals surface area contributed by atoms with Gasteiger partial charge < -0.3 is 20.4 Å². The number of nitrogens with one attached hydrogen (secondary N) is 3. The van der Waals surface area contributed by atoms with Gasteiger partial charge in [-0.1, -0.05) is 18.2 Å². The van der Waals surface area contributed by atoms with Crippen molar-refractivity contribution in [3.63, 3.8) is 0 Å². The van der Waals surface area contributed by atoms with Gasteiger partial charge in [0.1, 0.15) is 23.9 Å². The van der Waals surface area contributed by atoms with Gasteiger partial charge in [-0.15, -0.1) is 0 Å². The average Bonchev–Trinajstić information content (AvgIpc) is 3.71. The molecule has 0 aliphatic heterocycles. The van der Waals surface area contributed by atoms with Gasteiger partial charge in [0.2, 0.25) is 5.71 Å². The summed E-state index contributed by atoms with van der Waals surface area (Å²) >= 11 is 0. The minimum Gasteiger partial charge on any atom is -0.437 e. The Balaban J connectivity index is 1.45. The van der Waals surface area contributed by atoms with E-state index in [-0.39, 0.29) is 45.3 Å². The smallest absolute Gasteiger partial charge is 0.405 e. The fraction of sp³-hybridized carbons (Fsp3) is 0.188. The van der Waals surface area contributed by atoms with Crippen molar-refractivity contribution < 1.29 is 31.6 Å². The van der Waals surface area contributed by atoms with Crippen molar-refractivity contribution >= 4 is 28.7 Å². The quantitative estimate of drug-likeness (QED) is 0.176. The van der Waals surface area contributed by atoms with Crippen LogP contribution >= 0.6 is 0 Å². The number of benzene rings is 2. The van der Waals surface area contributed by atoms with Crippen molar-refractivity contribution in [1.29, 1.82) is 0 Å². The van der Waals surface area contributed by atoms with Gasteiger partial charge >= 0.3 is 6.18 Å². The van der Waals surface area contributed by atoms with Crippen molar-refractivity contribution in [2.75, 3.05) is 18.9 Å². The topological polar surface area (TPSA) is 109 Å². The number of halogens is 4. The van der Waals surface area contributed by atoms with Gasteiger partial charge in [-0.2, -0.15) is 18.2 Å². The van der Waals surface area contributed by atoms with Gasteiger partial charge in [0, 0.05) is 29.9 Å². The van der Waals surface area contributed by atoms with Gasteiger partial charge in [-0.25, -0.2) is 4.39 Å². The van der Waals surface area contributed by atoms with E-state index in [4.69, 9.17) is 4.42 Å². The first-order valence-corrected chi connectivity index (χ1v) is 13.7. The number of pyridine rings is 2. The lowest BCUT2D eigenvalue weighted by Crippen LogP contribution is -2.35. The highest BCUT2D eigenvalue weighted by Gasteiger charge is 2.47. The Hall–Kier alpha value is -5.26. The Bertz CT molecular complexity index is 1870. The van der Waals surface area contributed by atoms with Crippen LogP contribution < -0.4 is 16.0 Å². The molecule has 1 saturated carbocycles. The minimum atomic E-state index is -4.56. The van der Waals surface area contributed by atoms with Crippen molar-refractivity contribution in [1.82, 2.24) is 20.6 Å². The Morgan fingerprint density at radius 1 is 0.955 bits per heavy atom. The number of rotatable bonds is 8. The van der Waals surface area contributed by atoms with Crippen LogP contribution in [0.25, 0.3) is 33.6 Å². The molecule has 8 nitrogen and oxygen atoms in total. The molecule has 5 aromatic rings. The molecule has 1 fully saturated rings. The van der Waals surface area contributed by atoms with E-state index in [1.54, 1.807) is 36.5 Å². The van der Waals surface area contributed by atoms with Gasteiger partial charge in [0.25, 0.3) is 11.8 Å². The zero-order valence-corrected chi connectivity index (χ0v) is 23.3. The lowest BCUT2D eigenvalue weighted by molar-refractivity contribution is -0.115. The Labute approximate surface area is 248 Å². The molecule has 6 rings (SSSR count). The summed E-state index contributed by atoms with van der Waals surface area (Å²) in [5, 5.41) is 8.14. The third-order valence-corrected chi connectivity index (χ3v) is 7.39. The van der Waals surface area contributed by atoms with Gasteiger partial charge in [0.05, 0.1) is 22.2 Å². The van der Waals surface area contributed by atoms with E-state index >= 15 is 0 Å². The fourth-order valence-electron chi connectivity index (χ4n) is 5.05. The Kier molecular flexibility index (Phi) is 7.28. The van der Waals surface area contributed by atoms with Crippen molar-refractivity contribution in [2.45, 2.75) is 24.6 Å². The molecule has 0 unspecified atom stereocenters. The van der Waals surface area contributed by atoms with Crippen LogP contribution in [0.1, 0.15) is 39.3 Å². The van der Waals surface area contributed by atoms with Crippen LogP contribution in [0.15, 0.2) is 83.4 Å². The number of hydrogen-bond donors (Lipinski definition) is 3. The molecule has 0 radical (unpaired) electrons. The SMILES string of the molecule is CNC(=O)c1c(-c2ccc(F)cc2)oc2nc(NCC(F)(F)F)c(-c3cccc(C(=O)NC4(c5ccccn5)CC4)c3)cc12. The molecule has 0 atom stereocenters. The molecule has 2 aromatic carbocycles. The zero-order valence-electron chi connectivity index (χ0n) is 23.3. The summed E-state index contributed by atoms with van der Waals surface area (Å²) in [6, 6.07) is 18.6. The monoisotopic (exact) mass is 603 g/mol. The predicted octanol–water partition coefficient (Wildman–Crippen LogP) is 6.45. The number of carbonyl (C=O) groups is 2. The molecule has 44 heavy (non-hydrogen) atoms. The number of carbonyl (C=O) groups excluding carboxylic acids is 2. The van der Waals surface area contributed by atoms with Crippen LogP contribution in [0.3, 0.4) is 0 Å². The number of nitrogens with zero attached hydrogens (tertiary/aromatic N) is 2. The van der Waals surface area contributed by atoms with E-state index in [1.807, 2.05) is 12.1 Å². The number of furan rings is 1. The Morgan fingerprint density at radius 2 is 1.73 bits per heavy atom. The molecule has 0 saturated heterocycles. The minimum absolute atomic E-state index is 0.0724. The lowest BCUT2D eigenvalue weighted by Gasteiger charge is -2.17. The van der Waals surface area contributed by atoms with E-state index in [9.17, 15) is 27.2 Å². The molecular weight excluding hydrogens is 578 g/mol. The van der Waals surface area contributed by atoms with E-state index in [0.29, 0.717) is 11.1 Å². The van der Waals surface area contributed by atoms with E-state index in [2.05, 4.69) is 25.9 Å². The van der Waals surface area contributed by atoms with Crippen molar-refractivity contribution in [3.05, 3.63) is 102 Å². The number of alkyl halides is 3. The first kappa shape index (κ1) is 28.8. The van der Waals surface area contributed by atoms with Gasteiger partial charge in [-0.3, -0.25) is 14.6 Å². The van der Waals surface area contributed by atoms with E-state index in [0.717, 1.165) is 18.5 Å². The van der Waals surface area contributed by atoms with Crippen LogP contribution in [0.5, 0.6) is 0 Å². The van der Waals surface area contributed by atoms with Crippen LogP contribution in [-0.2, 0) is 5.54 Å². The van der Waals surface area contributed by atoms with Gasteiger partial charge in [-0.05, 0) is 73.0 Å². The molecule has 12 heteroatoms. The Morgan fingerprint density at radius 3 is 2.39 bits per heavy atom. The summed E-state index contributed by atoms with van der Waals surface area (Å²) in [6.45, 7) is -1.39. The molecule has 0 bridgehead atoms. The molecule has 0 spiro atoms. The number of aromatic nitrogens is 2. The van der Waals surface area contributed by atoms with Gasteiger partial charge in [0.15, 0.2) is 0 Å². The maximum atomic E-state index is 13.6. The first-order valence-electron chi connectivity index (χ1n) is 13.7. The summed E-state index contributed by atoms with van der Waals surface area (Å²) in [6.07, 6.45) is -1.46. The average molecular weight is 604 g/mol. The second kappa shape index (κ2) is 11.1. The van der Waals surface area contributed by atoms with Crippen molar-refractivity contribution in [2.24, 2.45) is 0 Å². The zero-order chi connectivity index (χ0) is 31.1. The molecule has 224 valence electrons. The normalized spacial score (nSPS) is 13.8. The highest BCUT2D eigenvalue weighted by Crippen LogP contribution is 2.45. The number of anilines is 1. The van der Waals surface area contributed by atoms with Crippen LogP contribution in [0.2, 0.25) is 0 Å². The standard InChI is InChI=1S/C32H25F4N5O3/c1-37-29(43)25-23-16-22(19-5-4-6-20(15-19)28(42)41-31(12-13-31)24-7-2-3-14-38-24)27(39-17-32(34,35)36)40-30(23)44-26(25)18-8-10-21(33)11-9-18/h2-11,14-16H,12-13,17H2,1H3,(H,37,43)(H,39,40)(H,41,42). The third-order valence-electron chi connectivity index (χ3n) is 7.39. The van der Waals surface area contributed by atoms with Crippen LogP contribution in [0, 0.1) is 5.82 Å². The van der Waals surface area contributed by atoms with Crippen molar-refractivity contribution in [3.8, 4) is 22.5 Å². The summed E-state index contributed by atoms with van der Waals surface area (Å²) in [4.78, 5) is 35.1. The fourth-order valence-corrected chi connectivity index (χ4v) is 5.05. The van der Waals surface area contributed by atoms with Crippen LogP contribution in [-0.4, -0.2) is 41.6 Å². The van der Waals surface area contributed by atoms with E-state index < -0.39 is 30.0 Å². The van der Waals surface area contributed by atoms with E-state index in [1.165, 1.54) is 37.4 Å². The lowest BCUT2D eigenvalue weighted by atomic mass is 9.99. The number of fused-ring (bicyclic) bond motifs is 1. The second-order valence-corrected chi connectivity index (χ2v) is 10.4. The predicted molar refractivity (Wildman–Crippen MR) is 155 cm³/mol. The number of hydrogen-bond acceptors (Lipinski definition) is 6. The maximum Gasteiger partial charge on any atom is 0.405 e. The highest BCUT2D eigenvalue weighted by atomic mass is 19.4. The maximum absolute atomic E-state index is 13.6. The second-order valence-electron chi connectivity index (χ2n) is 10.4. The largest absolute Gasteiger partial charge is 0.437 e. The highest BCUT2D eigenvalue weighted by molar-refractivity contribution is 6.11. The molecular formula is C32H25F4N5O3. The number of amides is 2. The molecule has 1 aliphatic rings. The molecule has 2 amide bonds. The molecule has 3 N–H and O–H groups in total. The molecule has 3 aromatic heterocycles. The van der Waals surface area contributed by atoms with Crippen LogP contribution in [0.4, 0.5) is 23.4 Å². The first-order chi connectivity index (χ1) is 21.1.